The van der Waals surface area contributed by atoms with Crippen LogP contribution in [-0.2, 0) is 11.2 Å². The Bertz CT molecular complexity index is 764. The molecule has 6 nitrogen and oxygen atoms in total. The summed E-state index contributed by atoms with van der Waals surface area (Å²) in [6.07, 6.45) is 2.61. The van der Waals surface area contributed by atoms with Gasteiger partial charge in [-0.05, 0) is 24.9 Å². The number of nitrogens with zero attached hydrogens (tertiary/aromatic N) is 5. The minimum absolute atomic E-state index is 0.168. The Kier molecular flexibility index (Phi) is 6.22. The van der Waals surface area contributed by atoms with E-state index in [0.717, 1.165) is 76.0 Å². The molecule has 2 aromatic rings. The zero-order valence-electron chi connectivity index (χ0n) is 16.6. The van der Waals surface area contributed by atoms with E-state index in [1.165, 1.54) is 17.1 Å². The highest BCUT2D eigenvalue weighted by atomic mass is 32.1. The Labute approximate surface area is 171 Å². The number of carbonyl (C=O) groups excluding carboxylic acids is 1. The van der Waals surface area contributed by atoms with Crippen LogP contribution in [0.15, 0.2) is 30.3 Å². The number of hydrogen-bond donors (Lipinski definition) is 0. The number of aromatic nitrogens is 2. The highest BCUT2D eigenvalue weighted by Crippen LogP contribution is 2.26. The summed E-state index contributed by atoms with van der Waals surface area (Å²) in [7, 11) is 0. The number of amides is 1. The molecule has 2 aliphatic heterocycles. The Hall–Kier alpha value is -1.99. The van der Waals surface area contributed by atoms with E-state index in [-0.39, 0.29) is 5.92 Å². The molecule has 1 aromatic heterocycles. The van der Waals surface area contributed by atoms with Gasteiger partial charge in [0.2, 0.25) is 11.0 Å². The molecule has 0 radical (unpaired) electrons. The Morgan fingerprint density at radius 1 is 1.07 bits per heavy atom. The lowest BCUT2D eigenvalue weighted by Gasteiger charge is -2.38. The van der Waals surface area contributed by atoms with Crippen LogP contribution in [0.3, 0.4) is 0 Å². The first-order valence-electron chi connectivity index (χ1n) is 10.4. The van der Waals surface area contributed by atoms with Crippen molar-refractivity contribution in [1.82, 2.24) is 19.2 Å². The van der Waals surface area contributed by atoms with Gasteiger partial charge in [0.25, 0.3) is 0 Å². The fourth-order valence-corrected chi connectivity index (χ4v) is 4.82. The summed E-state index contributed by atoms with van der Waals surface area (Å²) in [4.78, 5) is 24.4. The van der Waals surface area contributed by atoms with Gasteiger partial charge in [-0.1, -0.05) is 37.3 Å². The van der Waals surface area contributed by atoms with E-state index in [4.69, 9.17) is 4.98 Å². The standard InChI is InChI=1S/C21H29N5OS/c1-2-24-12-14-25(15-13-24)20(27)18-8-10-26(11-9-18)21-22-19(23-28-21)16-17-6-4-3-5-7-17/h3-7,18H,2,8-16H2,1H3. The summed E-state index contributed by atoms with van der Waals surface area (Å²) in [6.45, 7) is 8.83. The lowest BCUT2D eigenvalue weighted by Crippen LogP contribution is -2.51. The van der Waals surface area contributed by atoms with Gasteiger partial charge in [0.15, 0.2) is 0 Å². The summed E-state index contributed by atoms with van der Waals surface area (Å²) in [5, 5.41) is 0.994. The maximum atomic E-state index is 12.9. The van der Waals surface area contributed by atoms with E-state index in [0.29, 0.717) is 5.91 Å². The number of likely N-dealkylation sites (N-methyl/N-ethyl adjacent to an activating group) is 1. The van der Waals surface area contributed by atoms with Crippen molar-refractivity contribution >= 4 is 22.6 Å². The van der Waals surface area contributed by atoms with Gasteiger partial charge in [-0.3, -0.25) is 4.79 Å². The maximum absolute atomic E-state index is 12.9. The van der Waals surface area contributed by atoms with Gasteiger partial charge >= 0.3 is 0 Å². The highest BCUT2D eigenvalue weighted by molar-refractivity contribution is 7.09. The van der Waals surface area contributed by atoms with Crippen LogP contribution in [0.25, 0.3) is 0 Å². The van der Waals surface area contributed by atoms with Crippen LogP contribution >= 0.6 is 11.5 Å². The molecule has 0 atom stereocenters. The summed E-state index contributed by atoms with van der Waals surface area (Å²) in [5.41, 5.74) is 1.24. The lowest BCUT2D eigenvalue weighted by molar-refractivity contribution is -0.137. The molecule has 0 bridgehead atoms. The van der Waals surface area contributed by atoms with Crippen molar-refractivity contribution in [3.05, 3.63) is 41.7 Å². The van der Waals surface area contributed by atoms with Gasteiger partial charge in [-0.25, -0.2) is 4.98 Å². The van der Waals surface area contributed by atoms with Crippen molar-refractivity contribution < 1.29 is 4.79 Å². The Morgan fingerprint density at radius 3 is 2.46 bits per heavy atom. The quantitative estimate of drug-likeness (QED) is 0.773. The Balaban J connectivity index is 1.28. The molecule has 4 rings (SSSR count). The van der Waals surface area contributed by atoms with Gasteiger partial charge < -0.3 is 14.7 Å². The van der Waals surface area contributed by atoms with Crippen LogP contribution < -0.4 is 4.90 Å². The van der Waals surface area contributed by atoms with Crippen LogP contribution in [0.5, 0.6) is 0 Å². The molecule has 2 fully saturated rings. The SMILES string of the molecule is CCN1CCN(C(=O)C2CCN(c3nc(Cc4ccccc4)ns3)CC2)CC1. The third-order valence-electron chi connectivity index (χ3n) is 5.91. The number of rotatable bonds is 5. The number of piperidine rings is 1. The van der Waals surface area contributed by atoms with Crippen molar-refractivity contribution in [3.63, 3.8) is 0 Å². The van der Waals surface area contributed by atoms with Gasteiger partial charge in [-0.15, -0.1) is 0 Å². The molecule has 1 amide bonds. The topological polar surface area (TPSA) is 52.6 Å². The average Bonchev–Trinajstić information content (AvgIpc) is 3.22. The number of carbonyl (C=O) groups is 1. The third-order valence-corrected chi connectivity index (χ3v) is 6.72. The molecule has 0 unspecified atom stereocenters. The maximum Gasteiger partial charge on any atom is 0.225 e. The van der Waals surface area contributed by atoms with Gasteiger partial charge in [-0.2, -0.15) is 4.37 Å². The molecule has 0 N–H and O–H groups in total. The zero-order chi connectivity index (χ0) is 19.3. The summed E-state index contributed by atoms with van der Waals surface area (Å²) >= 11 is 1.48. The molecule has 1 aromatic carbocycles. The predicted molar refractivity (Wildman–Crippen MR) is 113 cm³/mol. The van der Waals surface area contributed by atoms with Crippen LogP contribution in [-0.4, -0.2) is 70.9 Å². The first-order valence-corrected chi connectivity index (χ1v) is 11.1. The first-order chi connectivity index (χ1) is 13.7. The summed E-state index contributed by atoms with van der Waals surface area (Å²) in [5.74, 6) is 1.41. The highest BCUT2D eigenvalue weighted by Gasteiger charge is 2.31. The fraction of sp³-hybridized carbons (Fsp3) is 0.571. The molecule has 7 heteroatoms. The zero-order valence-corrected chi connectivity index (χ0v) is 17.4. The molecule has 0 spiro atoms. The summed E-state index contributed by atoms with van der Waals surface area (Å²) in [6, 6.07) is 10.3. The molecule has 2 saturated heterocycles. The Morgan fingerprint density at radius 2 is 1.79 bits per heavy atom. The van der Waals surface area contributed by atoms with Gasteiger partial charge in [0.1, 0.15) is 5.82 Å². The number of anilines is 1. The van der Waals surface area contributed by atoms with Crippen molar-refractivity contribution in [2.75, 3.05) is 50.7 Å². The molecule has 0 aliphatic carbocycles. The number of benzene rings is 1. The third kappa shape index (κ3) is 4.52. The molecular weight excluding hydrogens is 370 g/mol. The number of hydrogen-bond acceptors (Lipinski definition) is 6. The number of piperazine rings is 1. The predicted octanol–water partition coefficient (Wildman–Crippen LogP) is 2.51. The lowest BCUT2D eigenvalue weighted by atomic mass is 9.95. The van der Waals surface area contributed by atoms with Crippen molar-refractivity contribution in [2.24, 2.45) is 5.92 Å². The fourth-order valence-electron chi connectivity index (χ4n) is 4.08. The molecule has 3 heterocycles. The minimum atomic E-state index is 0.168. The smallest absolute Gasteiger partial charge is 0.225 e. The van der Waals surface area contributed by atoms with Crippen molar-refractivity contribution in [3.8, 4) is 0 Å². The van der Waals surface area contributed by atoms with E-state index in [1.54, 1.807) is 0 Å². The normalized spacial score (nSPS) is 19.2. The van der Waals surface area contributed by atoms with E-state index in [2.05, 4.69) is 38.1 Å². The van der Waals surface area contributed by atoms with Crippen LogP contribution in [0.4, 0.5) is 5.13 Å². The average molecular weight is 400 g/mol. The van der Waals surface area contributed by atoms with E-state index in [1.807, 2.05) is 18.2 Å². The van der Waals surface area contributed by atoms with E-state index < -0.39 is 0 Å². The minimum Gasteiger partial charge on any atom is -0.347 e. The van der Waals surface area contributed by atoms with E-state index >= 15 is 0 Å². The molecule has 28 heavy (non-hydrogen) atoms. The van der Waals surface area contributed by atoms with Crippen LogP contribution in [0, 0.1) is 5.92 Å². The second kappa shape index (κ2) is 9.01. The molecule has 0 saturated carbocycles. The summed E-state index contributed by atoms with van der Waals surface area (Å²) < 4.78 is 4.54. The molecule has 2 aliphatic rings. The molecular formula is C21H29N5OS. The van der Waals surface area contributed by atoms with Gasteiger partial charge in [0, 0.05) is 63.1 Å². The molecule has 150 valence electrons. The van der Waals surface area contributed by atoms with Crippen LogP contribution in [0.2, 0.25) is 0 Å². The van der Waals surface area contributed by atoms with Gasteiger partial charge in [0.05, 0.1) is 0 Å². The largest absolute Gasteiger partial charge is 0.347 e. The monoisotopic (exact) mass is 399 g/mol. The first kappa shape index (κ1) is 19.3. The van der Waals surface area contributed by atoms with Crippen molar-refractivity contribution in [1.29, 1.82) is 0 Å². The van der Waals surface area contributed by atoms with E-state index in [9.17, 15) is 4.79 Å². The van der Waals surface area contributed by atoms with Crippen molar-refractivity contribution in [2.45, 2.75) is 26.2 Å². The second-order valence-electron chi connectivity index (χ2n) is 7.68. The van der Waals surface area contributed by atoms with Crippen LogP contribution in [0.1, 0.15) is 31.2 Å². The second-order valence-corrected chi connectivity index (χ2v) is 8.41.